The number of phosphoric acid groups is 1. The highest BCUT2D eigenvalue weighted by molar-refractivity contribution is 7.45. The minimum atomic E-state index is -4.64. The topological polar surface area (TPSA) is 111 Å². The molecular weight excluding hydrogens is 750 g/mol. The molecule has 2 atom stereocenters. The number of ether oxygens (including phenoxy) is 2. The fourth-order valence-corrected chi connectivity index (χ4v) is 6.91. The number of nitrogens with zero attached hydrogens (tertiary/aromatic N) is 1. The van der Waals surface area contributed by atoms with Gasteiger partial charge in [-0.15, -0.1) is 0 Å². The Labute approximate surface area is 356 Å². The first-order chi connectivity index (χ1) is 28.0. The molecule has 0 rings (SSSR count). The van der Waals surface area contributed by atoms with E-state index < -0.39 is 32.5 Å². The number of likely N-dealkylation sites (N-methyl/N-ethyl adjacent to an activating group) is 1. The molecule has 0 aromatic rings. The molecule has 0 aromatic carbocycles. The maximum absolute atomic E-state index is 12.7. The molecule has 0 aromatic heterocycles. The summed E-state index contributed by atoms with van der Waals surface area (Å²) in [5, 5.41) is 0. The Hall–Kier alpha value is -2.03. The molecule has 0 spiro atoms. The van der Waals surface area contributed by atoms with E-state index in [1.807, 2.05) is 27.2 Å². The van der Waals surface area contributed by atoms with E-state index in [-0.39, 0.29) is 26.1 Å². The summed E-state index contributed by atoms with van der Waals surface area (Å²) in [6.07, 6.45) is 47.1. The average molecular weight is 838 g/mol. The van der Waals surface area contributed by atoms with Gasteiger partial charge in [0.15, 0.2) is 6.10 Å². The smallest absolute Gasteiger partial charge is 0.306 e. The number of unbranched alkanes of at least 4 members (excludes halogenated alkanes) is 20. The lowest BCUT2D eigenvalue weighted by Gasteiger charge is -2.28. The fraction of sp³-hybridized carbons (Fsp3) is 0.792. The highest BCUT2D eigenvalue weighted by atomic mass is 31.2. The molecule has 0 amide bonds. The van der Waals surface area contributed by atoms with Gasteiger partial charge in [0.1, 0.15) is 19.8 Å². The standard InChI is InChI=1S/C48H88NO8P/c1-6-8-10-12-14-16-18-20-22-24-26-28-30-32-34-36-38-40-47(50)54-44-46(45-56-58(52,53)55-43-42-49(3,4)5)57-48(51)41-39-37-35-33-31-29-27-25-23-21-19-17-15-13-11-9-7-2/h15,17,21,23,27,29,33,35,46H,6-14,16,18-20,22,24-26,28,30-32,34,36-45H2,1-5H3/b17-15+,23-21+,29-27+,35-33+/t46-/m1/s1. The van der Waals surface area contributed by atoms with Crippen LogP contribution in [0.4, 0.5) is 0 Å². The van der Waals surface area contributed by atoms with Gasteiger partial charge in [-0.2, -0.15) is 0 Å². The second-order valence-electron chi connectivity index (χ2n) is 16.8. The Morgan fingerprint density at radius 3 is 1.43 bits per heavy atom. The lowest BCUT2D eigenvalue weighted by Crippen LogP contribution is -2.37. The van der Waals surface area contributed by atoms with Crippen LogP contribution in [0.15, 0.2) is 48.6 Å². The van der Waals surface area contributed by atoms with Gasteiger partial charge in [-0.3, -0.25) is 14.2 Å². The van der Waals surface area contributed by atoms with E-state index in [2.05, 4.69) is 56.4 Å². The number of carbonyl (C=O) groups is 2. The summed E-state index contributed by atoms with van der Waals surface area (Å²) >= 11 is 0. The number of carbonyl (C=O) groups excluding carboxylic acids is 2. The fourth-order valence-electron chi connectivity index (χ4n) is 6.18. The van der Waals surface area contributed by atoms with Crippen molar-refractivity contribution in [1.82, 2.24) is 0 Å². The largest absolute Gasteiger partial charge is 0.756 e. The van der Waals surface area contributed by atoms with Gasteiger partial charge < -0.3 is 27.9 Å². The van der Waals surface area contributed by atoms with Crippen LogP contribution in [0.25, 0.3) is 0 Å². The molecule has 0 aliphatic rings. The third-order valence-corrected chi connectivity index (χ3v) is 10.8. The molecule has 338 valence electrons. The van der Waals surface area contributed by atoms with Crippen molar-refractivity contribution in [3.8, 4) is 0 Å². The van der Waals surface area contributed by atoms with Crippen LogP contribution >= 0.6 is 7.82 Å². The number of esters is 2. The lowest BCUT2D eigenvalue weighted by molar-refractivity contribution is -0.870. The molecule has 0 bridgehead atoms. The van der Waals surface area contributed by atoms with Crippen LogP contribution in [0.2, 0.25) is 0 Å². The summed E-state index contributed by atoms with van der Waals surface area (Å²) in [5.41, 5.74) is 0. The molecule has 0 heterocycles. The molecule has 0 saturated carbocycles. The first kappa shape index (κ1) is 56.0. The minimum Gasteiger partial charge on any atom is -0.756 e. The predicted octanol–water partition coefficient (Wildman–Crippen LogP) is 12.8. The molecular formula is C48H88NO8P. The predicted molar refractivity (Wildman–Crippen MR) is 240 cm³/mol. The third-order valence-electron chi connectivity index (χ3n) is 9.85. The molecule has 9 nitrogen and oxygen atoms in total. The van der Waals surface area contributed by atoms with Crippen LogP contribution in [-0.4, -0.2) is 70.0 Å². The molecule has 10 heteroatoms. The van der Waals surface area contributed by atoms with E-state index in [1.165, 1.54) is 116 Å². The van der Waals surface area contributed by atoms with Crippen LogP contribution in [0.1, 0.15) is 194 Å². The first-order valence-corrected chi connectivity index (χ1v) is 24.8. The van der Waals surface area contributed by atoms with Crippen LogP contribution in [-0.2, 0) is 32.7 Å². The summed E-state index contributed by atoms with van der Waals surface area (Å²) in [4.78, 5) is 37.6. The van der Waals surface area contributed by atoms with Gasteiger partial charge in [-0.05, 0) is 51.4 Å². The van der Waals surface area contributed by atoms with E-state index in [1.54, 1.807) is 0 Å². The Bertz CT molecular complexity index is 1130. The van der Waals surface area contributed by atoms with Crippen molar-refractivity contribution in [3.63, 3.8) is 0 Å². The second kappa shape index (κ2) is 40.4. The van der Waals surface area contributed by atoms with Crippen molar-refractivity contribution in [1.29, 1.82) is 0 Å². The maximum Gasteiger partial charge on any atom is 0.306 e. The van der Waals surface area contributed by atoms with Crippen LogP contribution in [0, 0.1) is 0 Å². The van der Waals surface area contributed by atoms with Gasteiger partial charge >= 0.3 is 11.9 Å². The zero-order valence-electron chi connectivity index (χ0n) is 38.0. The normalized spacial score (nSPS) is 14.0. The van der Waals surface area contributed by atoms with Gasteiger partial charge in [0, 0.05) is 12.8 Å². The third kappa shape index (κ3) is 43.5. The molecule has 0 aliphatic heterocycles. The minimum absolute atomic E-state index is 0.0411. The van der Waals surface area contributed by atoms with E-state index in [9.17, 15) is 19.0 Å². The number of rotatable bonds is 42. The van der Waals surface area contributed by atoms with Crippen molar-refractivity contribution >= 4 is 19.8 Å². The lowest BCUT2D eigenvalue weighted by atomic mass is 10.0. The number of hydrogen-bond acceptors (Lipinski definition) is 8. The van der Waals surface area contributed by atoms with Crippen LogP contribution < -0.4 is 4.89 Å². The molecule has 0 fully saturated rings. The van der Waals surface area contributed by atoms with E-state index in [0.717, 1.165) is 38.5 Å². The van der Waals surface area contributed by atoms with Crippen molar-refractivity contribution in [2.45, 2.75) is 200 Å². The molecule has 0 aliphatic carbocycles. The average Bonchev–Trinajstić information content (AvgIpc) is 3.17. The molecule has 0 saturated heterocycles. The number of allylic oxidation sites excluding steroid dienone is 8. The Balaban J connectivity index is 4.40. The van der Waals surface area contributed by atoms with Gasteiger partial charge in [-0.1, -0.05) is 178 Å². The number of quaternary nitrogens is 1. The van der Waals surface area contributed by atoms with Crippen molar-refractivity contribution in [3.05, 3.63) is 48.6 Å². The number of phosphoric ester groups is 1. The van der Waals surface area contributed by atoms with E-state index in [4.69, 9.17) is 18.5 Å². The highest BCUT2D eigenvalue weighted by Gasteiger charge is 2.21. The van der Waals surface area contributed by atoms with Crippen molar-refractivity contribution in [2.75, 3.05) is 47.5 Å². The van der Waals surface area contributed by atoms with E-state index >= 15 is 0 Å². The summed E-state index contributed by atoms with van der Waals surface area (Å²) in [5.74, 6) is -0.896. The summed E-state index contributed by atoms with van der Waals surface area (Å²) < 4.78 is 33.9. The monoisotopic (exact) mass is 838 g/mol. The maximum atomic E-state index is 12.7. The summed E-state index contributed by atoms with van der Waals surface area (Å²) in [6.45, 7) is 4.15. The highest BCUT2D eigenvalue weighted by Crippen LogP contribution is 2.38. The summed E-state index contributed by atoms with van der Waals surface area (Å²) in [7, 11) is 1.13. The zero-order valence-corrected chi connectivity index (χ0v) is 38.9. The van der Waals surface area contributed by atoms with Crippen molar-refractivity contribution in [2.24, 2.45) is 0 Å². The van der Waals surface area contributed by atoms with Gasteiger partial charge in [-0.25, -0.2) is 0 Å². The van der Waals surface area contributed by atoms with Gasteiger partial charge in [0.2, 0.25) is 0 Å². The first-order valence-electron chi connectivity index (χ1n) is 23.3. The van der Waals surface area contributed by atoms with Gasteiger partial charge in [0.05, 0.1) is 27.7 Å². The molecule has 1 unspecified atom stereocenters. The molecule has 0 N–H and O–H groups in total. The Morgan fingerprint density at radius 1 is 0.534 bits per heavy atom. The van der Waals surface area contributed by atoms with E-state index in [0.29, 0.717) is 23.9 Å². The molecule has 0 radical (unpaired) electrons. The van der Waals surface area contributed by atoms with Gasteiger partial charge in [0.25, 0.3) is 7.82 Å². The summed E-state index contributed by atoms with van der Waals surface area (Å²) in [6, 6.07) is 0. The van der Waals surface area contributed by atoms with Crippen LogP contribution in [0.3, 0.4) is 0 Å². The number of hydrogen-bond donors (Lipinski definition) is 0. The quantitative estimate of drug-likeness (QED) is 0.0196. The molecule has 58 heavy (non-hydrogen) atoms. The Kier molecular flexibility index (Phi) is 39.0. The van der Waals surface area contributed by atoms with Crippen molar-refractivity contribution < 1.29 is 42.1 Å². The zero-order chi connectivity index (χ0) is 42.8. The van der Waals surface area contributed by atoms with Crippen LogP contribution in [0.5, 0.6) is 0 Å². The SMILES string of the molecule is CCCCC/C=C/C/C=C/C/C=C/C/C=C/CCCC(=O)O[C@H](COC(=O)CCCCCCCCCCCCCCCCCCC)COP(=O)([O-])OCC[N+](C)(C)C. The Morgan fingerprint density at radius 2 is 0.948 bits per heavy atom. The second-order valence-corrected chi connectivity index (χ2v) is 18.2.